The lowest BCUT2D eigenvalue weighted by Crippen LogP contribution is -2.43. The van der Waals surface area contributed by atoms with E-state index in [1.807, 2.05) is 0 Å². The van der Waals surface area contributed by atoms with Crippen molar-refractivity contribution >= 4 is 29.0 Å². The van der Waals surface area contributed by atoms with E-state index in [2.05, 4.69) is 30.6 Å². The third kappa shape index (κ3) is 4.83. The number of aromatic amines is 1. The molecule has 7 nitrogen and oxygen atoms in total. The lowest BCUT2D eigenvalue weighted by Gasteiger charge is -2.22. The van der Waals surface area contributed by atoms with Crippen LogP contribution in [0.15, 0.2) is 17.7 Å². The molecule has 3 rings (SSSR count). The van der Waals surface area contributed by atoms with Gasteiger partial charge in [-0.1, -0.05) is 19.3 Å². The highest BCUT2D eigenvalue weighted by molar-refractivity contribution is 7.99. The Labute approximate surface area is 145 Å². The number of nitrogens with zero attached hydrogens (tertiary/aromatic N) is 3. The van der Waals surface area contributed by atoms with Crippen LogP contribution in [0.25, 0.3) is 11.2 Å². The fraction of sp³-hybridized carbons (Fsp3) is 0.625. The first-order valence-corrected chi connectivity index (χ1v) is 9.63. The number of unbranched alkanes of at least 4 members (excludes halogenated alkanes) is 1. The summed E-state index contributed by atoms with van der Waals surface area (Å²) in [5.74, 6) is 0.955. The van der Waals surface area contributed by atoms with Crippen molar-refractivity contribution in [2.75, 3.05) is 12.3 Å². The molecule has 2 aromatic rings. The van der Waals surface area contributed by atoms with Crippen LogP contribution >= 0.6 is 11.8 Å². The number of carbonyl (C=O) groups excluding carboxylic acids is 1. The fourth-order valence-electron chi connectivity index (χ4n) is 2.93. The lowest BCUT2D eigenvalue weighted by molar-refractivity contribution is 0.232. The van der Waals surface area contributed by atoms with E-state index in [0.29, 0.717) is 18.2 Å². The van der Waals surface area contributed by atoms with Gasteiger partial charge in [0.15, 0.2) is 5.65 Å². The van der Waals surface area contributed by atoms with E-state index in [1.54, 1.807) is 24.4 Å². The first-order chi connectivity index (χ1) is 11.8. The van der Waals surface area contributed by atoms with E-state index in [-0.39, 0.29) is 6.03 Å². The van der Waals surface area contributed by atoms with E-state index in [0.717, 1.165) is 42.0 Å². The number of carbonyl (C=O) groups is 1. The number of hydrogen-bond acceptors (Lipinski definition) is 5. The topological polar surface area (TPSA) is 95.6 Å². The van der Waals surface area contributed by atoms with Gasteiger partial charge in [0.1, 0.15) is 16.9 Å². The molecule has 0 unspecified atom stereocenters. The Hall–Kier alpha value is -1.83. The Morgan fingerprint density at radius 2 is 2.08 bits per heavy atom. The first-order valence-electron chi connectivity index (χ1n) is 8.64. The van der Waals surface area contributed by atoms with Gasteiger partial charge in [0, 0.05) is 12.6 Å². The van der Waals surface area contributed by atoms with Crippen LogP contribution in [-0.2, 0) is 0 Å². The van der Waals surface area contributed by atoms with E-state index < -0.39 is 0 Å². The van der Waals surface area contributed by atoms with Crippen molar-refractivity contribution < 1.29 is 4.79 Å². The smallest absolute Gasteiger partial charge is 0.315 e. The summed E-state index contributed by atoms with van der Waals surface area (Å²) in [6.07, 6.45) is 11.2. The minimum atomic E-state index is -0.0236. The molecule has 1 aliphatic carbocycles. The number of imidazole rings is 1. The monoisotopic (exact) mass is 348 g/mol. The normalized spacial score (nSPS) is 15.5. The van der Waals surface area contributed by atoms with Crippen LogP contribution in [0.5, 0.6) is 0 Å². The minimum absolute atomic E-state index is 0.0236. The molecule has 0 atom stereocenters. The molecule has 2 amide bonds. The summed E-state index contributed by atoms with van der Waals surface area (Å²) in [5.41, 5.74) is 1.60. The second-order valence-corrected chi connectivity index (χ2v) is 7.15. The predicted octanol–water partition coefficient (Wildman–Crippen LogP) is 2.86. The van der Waals surface area contributed by atoms with Crippen LogP contribution in [0.4, 0.5) is 4.79 Å². The van der Waals surface area contributed by atoms with Gasteiger partial charge in [-0.3, -0.25) is 0 Å². The molecule has 0 aromatic carbocycles. The number of H-pyrrole nitrogens is 1. The zero-order valence-electron chi connectivity index (χ0n) is 13.8. The van der Waals surface area contributed by atoms with Crippen LogP contribution in [0.1, 0.15) is 44.9 Å². The van der Waals surface area contributed by atoms with Gasteiger partial charge >= 0.3 is 6.03 Å². The molecule has 1 fully saturated rings. The number of urea groups is 1. The Bertz CT molecular complexity index is 655. The second kappa shape index (κ2) is 8.86. The molecule has 0 aliphatic heterocycles. The zero-order chi connectivity index (χ0) is 16.6. The van der Waals surface area contributed by atoms with Gasteiger partial charge in [0.2, 0.25) is 0 Å². The third-order valence-corrected chi connectivity index (χ3v) is 5.30. The Kier molecular flexibility index (Phi) is 6.28. The molecule has 0 saturated heterocycles. The Balaban J connectivity index is 1.28. The molecule has 130 valence electrons. The molecule has 2 aromatic heterocycles. The van der Waals surface area contributed by atoms with Crippen LogP contribution in [0.3, 0.4) is 0 Å². The quantitative estimate of drug-likeness (QED) is 0.406. The van der Waals surface area contributed by atoms with Crippen LogP contribution in [0, 0.1) is 0 Å². The number of hydrogen-bond donors (Lipinski definition) is 3. The summed E-state index contributed by atoms with van der Waals surface area (Å²) in [6.45, 7) is 0.711. The highest BCUT2D eigenvalue weighted by Crippen LogP contribution is 2.22. The molecular formula is C16H24N6OS. The molecule has 0 spiro atoms. The van der Waals surface area contributed by atoms with Crippen molar-refractivity contribution in [1.82, 2.24) is 30.6 Å². The van der Waals surface area contributed by atoms with Gasteiger partial charge in [-0.2, -0.15) is 0 Å². The molecule has 8 heteroatoms. The first kappa shape index (κ1) is 17.0. The summed E-state index contributed by atoms with van der Waals surface area (Å²) in [7, 11) is 0. The van der Waals surface area contributed by atoms with Gasteiger partial charge in [-0.15, -0.1) is 11.8 Å². The fourth-order valence-corrected chi connectivity index (χ4v) is 3.89. The molecule has 2 heterocycles. The van der Waals surface area contributed by atoms with Crippen molar-refractivity contribution in [2.24, 2.45) is 0 Å². The zero-order valence-corrected chi connectivity index (χ0v) is 14.6. The summed E-state index contributed by atoms with van der Waals surface area (Å²) in [6, 6.07) is 0.341. The number of fused-ring (bicyclic) bond motifs is 1. The second-order valence-electron chi connectivity index (χ2n) is 6.07. The average Bonchev–Trinajstić information content (AvgIpc) is 3.08. The number of rotatable bonds is 7. The van der Waals surface area contributed by atoms with Crippen molar-refractivity contribution in [3.8, 4) is 0 Å². The van der Waals surface area contributed by atoms with Gasteiger partial charge in [0.25, 0.3) is 0 Å². The van der Waals surface area contributed by atoms with Crippen molar-refractivity contribution in [2.45, 2.75) is 56.0 Å². The van der Waals surface area contributed by atoms with Crippen molar-refractivity contribution in [3.05, 3.63) is 12.7 Å². The van der Waals surface area contributed by atoms with E-state index in [4.69, 9.17) is 0 Å². The maximum Gasteiger partial charge on any atom is 0.315 e. The van der Waals surface area contributed by atoms with Gasteiger partial charge in [-0.25, -0.2) is 19.7 Å². The number of thioether (sulfide) groups is 1. The van der Waals surface area contributed by atoms with E-state index in [9.17, 15) is 4.79 Å². The summed E-state index contributed by atoms with van der Waals surface area (Å²) in [5, 5.41) is 6.95. The highest BCUT2D eigenvalue weighted by atomic mass is 32.2. The number of amides is 2. The van der Waals surface area contributed by atoms with Crippen molar-refractivity contribution in [3.63, 3.8) is 0 Å². The van der Waals surface area contributed by atoms with Gasteiger partial charge in [0.05, 0.1) is 6.33 Å². The molecule has 3 N–H and O–H groups in total. The van der Waals surface area contributed by atoms with Crippen LogP contribution in [0.2, 0.25) is 0 Å². The lowest BCUT2D eigenvalue weighted by atomic mass is 9.96. The Morgan fingerprint density at radius 1 is 1.21 bits per heavy atom. The molecule has 0 radical (unpaired) electrons. The summed E-state index contributed by atoms with van der Waals surface area (Å²) >= 11 is 1.69. The Morgan fingerprint density at radius 3 is 2.96 bits per heavy atom. The van der Waals surface area contributed by atoms with E-state index in [1.165, 1.54) is 19.3 Å². The molecule has 0 bridgehead atoms. The SMILES string of the molecule is O=C(NCCCCSc1ncnc2nc[nH]c12)NC1CCCCC1. The standard InChI is InChI=1S/C16H24N6OS/c23-16(22-12-6-2-1-3-7-12)17-8-4-5-9-24-15-13-14(19-10-18-13)20-11-21-15/h10-12H,1-9H2,(H2,17,22,23)(H,18,19,20,21). The predicted molar refractivity (Wildman–Crippen MR) is 95.0 cm³/mol. The maximum absolute atomic E-state index is 11.8. The number of aromatic nitrogens is 4. The van der Waals surface area contributed by atoms with Gasteiger partial charge < -0.3 is 15.6 Å². The molecular weight excluding hydrogens is 324 g/mol. The minimum Gasteiger partial charge on any atom is -0.341 e. The van der Waals surface area contributed by atoms with Gasteiger partial charge in [-0.05, 0) is 31.4 Å². The van der Waals surface area contributed by atoms with Crippen LogP contribution < -0.4 is 10.6 Å². The summed E-state index contributed by atoms with van der Waals surface area (Å²) < 4.78 is 0. The average molecular weight is 348 g/mol. The number of nitrogens with one attached hydrogen (secondary N) is 3. The molecule has 1 saturated carbocycles. The maximum atomic E-state index is 11.8. The largest absolute Gasteiger partial charge is 0.341 e. The van der Waals surface area contributed by atoms with Crippen molar-refractivity contribution in [1.29, 1.82) is 0 Å². The van der Waals surface area contributed by atoms with E-state index >= 15 is 0 Å². The summed E-state index contributed by atoms with van der Waals surface area (Å²) in [4.78, 5) is 27.4. The van der Waals surface area contributed by atoms with Crippen LogP contribution in [-0.4, -0.2) is 44.3 Å². The molecule has 1 aliphatic rings. The third-order valence-electron chi connectivity index (χ3n) is 4.22. The highest BCUT2D eigenvalue weighted by Gasteiger charge is 2.15. The molecule has 24 heavy (non-hydrogen) atoms.